The molecule has 0 amide bonds. The number of pyridine rings is 1. The van der Waals surface area contributed by atoms with Crippen LogP contribution < -0.4 is 5.56 Å². The molecular weight excluding hydrogens is 146 g/mol. The van der Waals surface area contributed by atoms with Crippen molar-refractivity contribution in [3.8, 4) is 5.88 Å². The van der Waals surface area contributed by atoms with E-state index in [1.807, 2.05) is 0 Å². The zero-order chi connectivity index (χ0) is 8.43. The van der Waals surface area contributed by atoms with E-state index in [0.717, 1.165) is 0 Å². The minimum Gasteiger partial charge on any atom is -0.494 e. The molecule has 0 bridgehead atoms. The molecule has 1 heterocycles. The molecule has 0 aliphatic carbocycles. The van der Waals surface area contributed by atoms with Crippen molar-refractivity contribution in [3.05, 3.63) is 28.0 Å². The lowest BCUT2D eigenvalue weighted by Gasteiger charge is -1.96. The highest BCUT2D eigenvalue weighted by atomic mass is 16.3. The number of ketones is 1. The van der Waals surface area contributed by atoms with Crippen LogP contribution in [0.1, 0.15) is 17.3 Å². The van der Waals surface area contributed by atoms with Crippen molar-refractivity contribution in [1.82, 2.24) is 4.98 Å². The van der Waals surface area contributed by atoms with Gasteiger partial charge in [-0.25, -0.2) is 0 Å². The average molecular weight is 153 g/mol. The smallest absolute Gasteiger partial charge is 0.250 e. The van der Waals surface area contributed by atoms with E-state index in [-0.39, 0.29) is 17.2 Å². The molecule has 2 N–H and O–H groups in total. The SMILES string of the molecule is CC(=O)c1ccc(=O)[nH]c1O. The van der Waals surface area contributed by atoms with Gasteiger partial charge in [0.1, 0.15) is 0 Å². The van der Waals surface area contributed by atoms with Crippen LogP contribution in [0.15, 0.2) is 16.9 Å². The molecule has 0 saturated heterocycles. The summed E-state index contributed by atoms with van der Waals surface area (Å²) in [7, 11) is 0. The summed E-state index contributed by atoms with van der Waals surface area (Å²) in [5.41, 5.74) is -0.294. The number of Topliss-reactive ketones (excluding diaryl/α,β-unsaturated/α-hetero) is 1. The maximum atomic E-state index is 10.7. The largest absolute Gasteiger partial charge is 0.494 e. The summed E-state index contributed by atoms with van der Waals surface area (Å²) in [5, 5.41) is 8.99. The monoisotopic (exact) mass is 153 g/mol. The van der Waals surface area contributed by atoms with Gasteiger partial charge in [0.05, 0.1) is 5.56 Å². The maximum absolute atomic E-state index is 10.7. The number of hydrogen-bond donors (Lipinski definition) is 2. The van der Waals surface area contributed by atoms with Crippen LogP contribution in [-0.2, 0) is 0 Å². The van der Waals surface area contributed by atoms with Gasteiger partial charge in [-0.15, -0.1) is 0 Å². The topological polar surface area (TPSA) is 70.2 Å². The summed E-state index contributed by atoms with van der Waals surface area (Å²) in [4.78, 5) is 23.3. The first kappa shape index (κ1) is 7.53. The predicted octanol–water partition coefficient (Wildman–Crippen LogP) is 0.283. The molecule has 1 aromatic rings. The van der Waals surface area contributed by atoms with Crippen LogP contribution in [0.3, 0.4) is 0 Å². The number of aromatic nitrogens is 1. The molecule has 11 heavy (non-hydrogen) atoms. The van der Waals surface area contributed by atoms with E-state index in [1.54, 1.807) is 0 Å². The number of carbonyl (C=O) groups excluding carboxylic acids is 1. The van der Waals surface area contributed by atoms with Crippen molar-refractivity contribution < 1.29 is 9.90 Å². The molecule has 0 radical (unpaired) electrons. The van der Waals surface area contributed by atoms with Crippen molar-refractivity contribution in [2.75, 3.05) is 0 Å². The van der Waals surface area contributed by atoms with Gasteiger partial charge in [0.15, 0.2) is 5.78 Å². The number of nitrogens with one attached hydrogen (secondary N) is 1. The number of carbonyl (C=O) groups is 1. The number of hydrogen-bond acceptors (Lipinski definition) is 3. The molecule has 0 aromatic carbocycles. The van der Waals surface area contributed by atoms with E-state index in [9.17, 15) is 9.59 Å². The quantitative estimate of drug-likeness (QED) is 0.569. The Balaban J connectivity index is 3.31. The van der Waals surface area contributed by atoms with Crippen molar-refractivity contribution in [2.24, 2.45) is 0 Å². The van der Waals surface area contributed by atoms with Gasteiger partial charge in [-0.3, -0.25) is 14.6 Å². The van der Waals surface area contributed by atoms with Gasteiger partial charge in [0.2, 0.25) is 5.88 Å². The van der Waals surface area contributed by atoms with Crippen LogP contribution in [0.2, 0.25) is 0 Å². The van der Waals surface area contributed by atoms with Gasteiger partial charge in [-0.1, -0.05) is 0 Å². The molecule has 0 aliphatic rings. The van der Waals surface area contributed by atoms with Gasteiger partial charge in [-0.2, -0.15) is 0 Å². The van der Waals surface area contributed by atoms with Crippen LogP contribution >= 0.6 is 0 Å². The fraction of sp³-hybridized carbons (Fsp3) is 0.143. The molecule has 1 aromatic heterocycles. The molecule has 0 saturated carbocycles. The lowest BCUT2D eigenvalue weighted by Crippen LogP contribution is -2.06. The normalized spacial score (nSPS) is 9.55. The first-order valence-electron chi connectivity index (χ1n) is 3.04. The van der Waals surface area contributed by atoms with Gasteiger partial charge in [-0.05, 0) is 13.0 Å². The highest BCUT2D eigenvalue weighted by molar-refractivity contribution is 5.95. The van der Waals surface area contributed by atoms with E-state index in [1.165, 1.54) is 19.1 Å². The van der Waals surface area contributed by atoms with Crippen LogP contribution in [0.4, 0.5) is 0 Å². The Bertz CT molecular complexity index is 340. The molecule has 0 aliphatic heterocycles. The molecule has 1 rings (SSSR count). The van der Waals surface area contributed by atoms with Gasteiger partial charge in [0, 0.05) is 6.07 Å². The minimum absolute atomic E-state index is 0.129. The Morgan fingerprint density at radius 2 is 2.18 bits per heavy atom. The lowest BCUT2D eigenvalue weighted by atomic mass is 10.2. The predicted molar refractivity (Wildman–Crippen MR) is 38.7 cm³/mol. The molecular formula is C7H7NO3. The molecule has 4 heteroatoms. The summed E-state index contributed by atoms with van der Waals surface area (Å²) in [6.45, 7) is 1.31. The number of aromatic hydroxyl groups is 1. The van der Waals surface area contributed by atoms with Gasteiger partial charge < -0.3 is 5.11 Å². The van der Waals surface area contributed by atoms with E-state index >= 15 is 0 Å². The maximum Gasteiger partial charge on any atom is 0.250 e. The van der Waals surface area contributed by atoms with Gasteiger partial charge in [0.25, 0.3) is 5.56 Å². The van der Waals surface area contributed by atoms with Crippen LogP contribution in [0.5, 0.6) is 5.88 Å². The Hall–Kier alpha value is -1.58. The summed E-state index contributed by atoms with van der Waals surface area (Å²) >= 11 is 0. The highest BCUT2D eigenvalue weighted by Crippen LogP contribution is 2.09. The number of rotatable bonds is 1. The first-order chi connectivity index (χ1) is 5.11. The Morgan fingerprint density at radius 1 is 1.55 bits per heavy atom. The molecule has 0 atom stereocenters. The third kappa shape index (κ3) is 1.46. The first-order valence-corrected chi connectivity index (χ1v) is 3.04. The molecule has 0 fully saturated rings. The van der Waals surface area contributed by atoms with Crippen molar-refractivity contribution >= 4 is 5.78 Å². The second kappa shape index (κ2) is 2.57. The standard InChI is InChI=1S/C7H7NO3/c1-4(9)5-2-3-6(10)8-7(5)11/h2-3H,1H3,(H2,8,10,11). The molecule has 0 spiro atoms. The summed E-state index contributed by atoms with van der Waals surface area (Å²) in [6.07, 6.45) is 0. The van der Waals surface area contributed by atoms with Crippen LogP contribution in [0.25, 0.3) is 0 Å². The Kier molecular flexibility index (Phi) is 1.76. The number of aromatic amines is 1. The van der Waals surface area contributed by atoms with E-state index in [2.05, 4.69) is 4.98 Å². The van der Waals surface area contributed by atoms with Crippen LogP contribution in [-0.4, -0.2) is 15.9 Å². The summed E-state index contributed by atoms with van der Waals surface area (Å²) in [6, 6.07) is 2.48. The fourth-order valence-electron chi connectivity index (χ4n) is 0.748. The molecule has 4 nitrogen and oxygen atoms in total. The lowest BCUT2D eigenvalue weighted by molar-refractivity contribution is 0.101. The zero-order valence-corrected chi connectivity index (χ0v) is 5.92. The van der Waals surface area contributed by atoms with Crippen molar-refractivity contribution in [3.63, 3.8) is 0 Å². The van der Waals surface area contributed by atoms with Gasteiger partial charge >= 0.3 is 0 Å². The minimum atomic E-state index is -0.424. The van der Waals surface area contributed by atoms with E-state index in [4.69, 9.17) is 5.11 Å². The fourth-order valence-corrected chi connectivity index (χ4v) is 0.748. The average Bonchev–Trinajstić information content (AvgIpc) is 1.85. The van der Waals surface area contributed by atoms with Crippen molar-refractivity contribution in [2.45, 2.75) is 6.92 Å². The third-order valence-corrected chi connectivity index (χ3v) is 1.28. The summed E-state index contributed by atoms with van der Waals surface area (Å²) < 4.78 is 0. The Morgan fingerprint density at radius 3 is 2.64 bits per heavy atom. The summed E-state index contributed by atoms with van der Waals surface area (Å²) in [5.74, 6) is -0.649. The second-order valence-corrected chi connectivity index (χ2v) is 2.14. The Labute approximate surface area is 62.5 Å². The van der Waals surface area contributed by atoms with Crippen LogP contribution in [0, 0.1) is 0 Å². The van der Waals surface area contributed by atoms with E-state index in [0.29, 0.717) is 0 Å². The molecule has 58 valence electrons. The number of H-pyrrole nitrogens is 1. The van der Waals surface area contributed by atoms with Crippen molar-refractivity contribution in [1.29, 1.82) is 0 Å². The zero-order valence-electron chi connectivity index (χ0n) is 5.92. The van der Waals surface area contributed by atoms with E-state index < -0.39 is 5.56 Å². The third-order valence-electron chi connectivity index (χ3n) is 1.28. The second-order valence-electron chi connectivity index (χ2n) is 2.14. The molecule has 0 unspecified atom stereocenters. The highest BCUT2D eigenvalue weighted by Gasteiger charge is 2.05.